The van der Waals surface area contributed by atoms with Gasteiger partial charge in [-0.05, 0) is 44.8 Å². The molecule has 16 heavy (non-hydrogen) atoms. The van der Waals surface area contributed by atoms with E-state index >= 15 is 0 Å². The van der Waals surface area contributed by atoms with E-state index in [2.05, 4.69) is 24.5 Å². The highest BCUT2D eigenvalue weighted by Gasteiger charge is 2.25. The number of rotatable bonds is 9. The Morgan fingerprint density at radius 3 is 2.06 bits per heavy atom. The van der Waals surface area contributed by atoms with Crippen LogP contribution in [0.1, 0.15) is 33.1 Å². The van der Waals surface area contributed by atoms with Gasteiger partial charge in [0.05, 0.1) is 6.54 Å². The summed E-state index contributed by atoms with van der Waals surface area (Å²) in [5.74, 6) is 0.718. The van der Waals surface area contributed by atoms with Gasteiger partial charge in [-0.15, -0.1) is 0 Å². The van der Waals surface area contributed by atoms with Crippen molar-refractivity contribution in [2.75, 3.05) is 26.2 Å². The molecule has 0 aromatic heterocycles. The van der Waals surface area contributed by atoms with Crippen LogP contribution in [0.25, 0.3) is 0 Å². The largest absolute Gasteiger partial charge is 0.401 e. The summed E-state index contributed by atoms with van der Waals surface area (Å²) < 4.78 is 35.2. The zero-order valence-corrected chi connectivity index (χ0v) is 10.2. The molecule has 0 spiro atoms. The van der Waals surface area contributed by atoms with Crippen LogP contribution in [0.2, 0.25) is 0 Å². The van der Waals surface area contributed by atoms with Gasteiger partial charge in [0.1, 0.15) is 0 Å². The van der Waals surface area contributed by atoms with Gasteiger partial charge in [-0.1, -0.05) is 13.8 Å². The van der Waals surface area contributed by atoms with Gasteiger partial charge in [0.25, 0.3) is 0 Å². The molecule has 0 saturated carbocycles. The number of halogens is 3. The second-order valence-corrected chi connectivity index (χ2v) is 4.43. The minimum absolute atomic E-state index is 0.413. The van der Waals surface area contributed by atoms with Crippen molar-refractivity contribution in [3.05, 3.63) is 0 Å². The van der Waals surface area contributed by atoms with E-state index in [-0.39, 0.29) is 0 Å². The maximum absolute atomic E-state index is 11.7. The molecule has 0 aliphatic carbocycles. The van der Waals surface area contributed by atoms with E-state index in [0.717, 1.165) is 31.8 Å². The molecule has 0 aliphatic rings. The third-order valence-corrected chi connectivity index (χ3v) is 2.17. The van der Waals surface area contributed by atoms with E-state index in [1.54, 1.807) is 0 Å². The van der Waals surface area contributed by atoms with Crippen LogP contribution in [0.3, 0.4) is 0 Å². The van der Waals surface area contributed by atoms with Gasteiger partial charge in [0, 0.05) is 0 Å². The van der Waals surface area contributed by atoms with Crippen molar-refractivity contribution < 1.29 is 13.2 Å². The summed E-state index contributed by atoms with van der Waals surface area (Å²) in [7, 11) is 0. The van der Waals surface area contributed by atoms with Crippen LogP contribution < -0.4 is 10.6 Å². The summed E-state index contributed by atoms with van der Waals surface area (Å²) >= 11 is 0. The van der Waals surface area contributed by atoms with Crippen molar-refractivity contribution in [1.82, 2.24) is 10.6 Å². The molecule has 0 rings (SSSR count). The first kappa shape index (κ1) is 15.7. The minimum atomic E-state index is -4.09. The van der Waals surface area contributed by atoms with E-state index in [1.165, 1.54) is 6.42 Å². The number of hydrogen-bond donors (Lipinski definition) is 2. The lowest BCUT2D eigenvalue weighted by atomic mass is 10.1. The van der Waals surface area contributed by atoms with Crippen molar-refractivity contribution in [3.8, 4) is 0 Å². The van der Waals surface area contributed by atoms with Crippen LogP contribution in [-0.2, 0) is 0 Å². The van der Waals surface area contributed by atoms with Gasteiger partial charge in [0.2, 0.25) is 0 Å². The van der Waals surface area contributed by atoms with Crippen molar-refractivity contribution >= 4 is 0 Å². The molecular weight excluding hydrogens is 217 g/mol. The Kier molecular flexibility index (Phi) is 8.66. The van der Waals surface area contributed by atoms with Crippen LogP contribution in [-0.4, -0.2) is 32.4 Å². The minimum Gasteiger partial charge on any atom is -0.317 e. The fourth-order valence-corrected chi connectivity index (χ4v) is 1.33. The van der Waals surface area contributed by atoms with Crippen LogP contribution in [0.5, 0.6) is 0 Å². The molecule has 0 aromatic rings. The summed E-state index contributed by atoms with van der Waals surface area (Å²) in [6.07, 6.45) is -1.03. The van der Waals surface area contributed by atoms with Crippen LogP contribution >= 0.6 is 0 Å². The van der Waals surface area contributed by atoms with Gasteiger partial charge in [-0.25, -0.2) is 0 Å². The summed E-state index contributed by atoms with van der Waals surface area (Å²) in [4.78, 5) is 0. The Bertz CT molecular complexity index is 158. The third-order valence-electron chi connectivity index (χ3n) is 2.17. The number of alkyl halides is 3. The molecular formula is C11H23F3N2. The molecule has 0 bridgehead atoms. The number of nitrogens with one attached hydrogen (secondary N) is 2. The van der Waals surface area contributed by atoms with Crippen LogP contribution in [0.15, 0.2) is 0 Å². The smallest absolute Gasteiger partial charge is 0.317 e. The van der Waals surface area contributed by atoms with Gasteiger partial charge < -0.3 is 10.6 Å². The maximum Gasteiger partial charge on any atom is 0.401 e. The standard InChI is InChI=1S/C11H23F3N2/c1-10(2)5-3-6-15-7-4-8-16-9-11(12,13)14/h10,15-16H,3-9H2,1-2H3. The summed E-state index contributed by atoms with van der Waals surface area (Å²) in [5.41, 5.74) is 0. The van der Waals surface area contributed by atoms with Crippen molar-refractivity contribution in [2.45, 2.75) is 39.3 Å². The molecule has 0 amide bonds. The van der Waals surface area contributed by atoms with Gasteiger partial charge in [-0.3, -0.25) is 0 Å². The van der Waals surface area contributed by atoms with Crippen LogP contribution in [0.4, 0.5) is 13.2 Å². The van der Waals surface area contributed by atoms with E-state index in [4.69, 9.17) is 0 Å². The molecule has 0 unspecified atom stereocenters. The quantitative estimate of drug-likeness (QED) is 0.605. The maximum atomic E-state index is 11.7. The Labute approximate surface area is 96.0 Å². The molecule has 0 atom stereocenters. The average Bonchev–Trinajstić information content (AvgIpc) is 2.13. The Morgan fingerprint density at radius 1 is 0.938 bits per heavy atom. The average molecular weight is 240 g/mol. The highest BCUT2D eigenvalue weighted by molar-refractivity contribution is 4.57. The Morgan fingerprint density at radius 2 is 1.50 bits per heavy atom. The van der Waals surface area contributed by atoms with Gasteiger partial charge in [-0.2, -0.15) is 13.2 Å². The molecule has 0 aliphatic heterocycles. The summed E-state index contributed by atoms with van der Waals surface area (Å²) in [5, 5.41) is 5.59. The molecule has 0 saturated heterocycles. The molecule has 0 heterocycles. The monoisotopic (exact) mass is 240 g/mol. The number of hydrogen-bond acceptors (Lipinski definition) is 2. The zero-order chi connectivity index (χ0) is 12.4. The van der Waals surface area contributed by atoms with Crippen LogP contribution in [0, 0.1) is 5.92 Å². The first-order valence-electron chi connectivity index (χ1n) is 5.90. The SMILES string of the molecule is CC(C)CCCNCCCNCC(F)(F)F. The normalized spacial score (nSPS) is 12.4. The highest BCUT2D eigenvalue weighted by atomic mass is 19.4. The molecule has 0 radical (unpaired) electrons. The van der Waals surface area contributed by atoms with Gasteiger partial charge >= 0.3 is 6.18 Å². The lowest BCUT2D eigenvalue weighted by Crippen LogP contribution is -2.31. The Balaban J connectivity index is 3.05. The van der Waals surface area contributed by atoms with E-state index < -0.39 is 12.7 Å². The molecule has 98 valence electrons. The van der Waals surface area contributed by atoms with Gasteiger partial charge in [0.15, 0.2) is 0 Å². The van der Waals surface area contributed by atoms with Crippen molar-refractivity contribution in [2.24, 2.45) is 5.92 Å². The molecule has 0 fully saturated rings. The zero-order valence-electron chi connectivity index (χ0n) is 10.2. The topological polar surface area (TPSA) is 24.1 Å². The molecule has 0 aromatic carbocycles. The van der Waals surface area contributed by atoms with E-state index in [9.17, 15) is 13.2 Å². The molecule has 2 nitrogen and oxygen atoms in total. The molecule has 5 heteroatoms. The summed E-state index contributed by atoms with van der Waals surface area (Å²) in [6, 6.07) is 0. The predicted octanol–water partition coefficient (Wildman–Crippen LogP) is 2.55. The summed E-state index contributed by atoms with van der Waals surface area (Å²) in [6.45, 7) is 5.62. The highest BCUT2D eigenvalue weighted by Crippen LogP contribution is 2.11. The fourth-order valence-electron chi connectivity index (χ4n) is 1.33. The fraction of sp³-hybridized carbons (Fsp3) is 1.00. The Hall–Kier alpha value is -0.290. The first-order chi connectivity index (χ1) is 7.42. The third kappa shape index (κ3) is 13.7. The first-order valence-corrected chi connectivity index (χ1v) is 5.90. The van der Waals surface area contributed by atoms with E-state index in [0.29, 0.717) is 6.54 Å². The predicted molar refractivity (Wildman–Crippen MR) is 60.5 cm³/mol. The molecule has 2 N–H and O–H groups in total. The lowest BCUT2D eigenvalue weighted by molar-refractivity contribution is -0.124. The second-order valence-electron chi connectivity index (χ2n) is 4.43. The van der Waals surface area contributed by atoms with E-state index in [1.807, 2.05) is 0 Å². The van der Waals surface area contributed by atoms with Crippen molar-refractivity contribution in [1.29, 1.82) is 0 Å². The van der Waals surface area contributed by atoms with Crippen molar-refractivity contribution in [3.63, 3.8) is 0 Å². The lowest BCUT2D eigenvalue weighted by Gasteiger charge is -2.09. The second kappa shape index (κ2) is 8.82.